The summed E-state index contributed by atoms with van der Waals surface area (Å²) in [6.45, 7) is 4.90. The molecule has 0 saturated carbocycles. The minimum absolute atomic E-state index is 0.0587. The lowest BCUT2D eigenvalue weighted by Crippen LogP contribution is -2.51. The summed E-state index contributed by atoms with van der Waals surface area (Å²) in [6.07, 6.45) is 4.67. The number of nitrogen functional groups attached to an aromatic ring is 1. The molecule has 2 aliphatic heterocycles. The van der Waals surface area contributed by atoms with Gasteiger partial charge in [-0.1, -0.05) is 18.2 Å². The molecule has 3 heterocycles. The van der Waals surface area contributed by atoms with E-state index in [9.17, 15) is 13.2 Å². The van der Waals surface area contributed by atoms with Crippen LogP contribution in [-0.4, -0.2) is 79.9 Å². The van der Waals surface area contributed by atoms with E-state index < -0.39 is 9.84 Å². The van der Waals surface area contributed by atoms with Crippen molar-refractivity contribution in [2.24, 2.45) is 0 Å². The van der Waals surface area contributed by atoms with Crippen molar-refractivity contribution in [3.8, 4) is 0 Å². The number of aromatic nitrogens is 2. The summed E-state index contributed by atoms with van der Waals surface area (Å²) in [5.74, 6) is 0.548. The molecule has 0 radical (unpaired) electrons. The van der Waals surface area contributed by atoms with E-state index in [0.717, 1.165) is 25.9 Å². The van der Waals surface area contributed by atoms with Gasteiger partial charge < -0.3 is 15.5 Å². The lowest BCUT2D eigenvalue weighted by molar-refractivity contribution is -0.133. The molecule has 2 aromatic rings. The average molecular weight is 445 g/mol. The molecule has 4 rings (SSSR count). The van der Waals surface area contributed by atoms with Crippen LogP contribution in [0, 0.1) is 0 Å². The zero-order valence-electron chi connectivity index (χ0n) is 17.5. The summed E-state index contributed by atoms with van der Waals surface area (Å²) in [6, 6.07) is 8.11. The quantitative estimate of drug-likeness (QED) is 0.728. The Morgan fingerprint density at radius 3 is 2.29 bits per heavy atom. The molecule has 0 unspecified atom stereocenters. The Hall–Kier alpha value is -2.72. The topological polar surface area (TPSA) is 113 Å². The third-order valence-electron chi connectivity index (χ3n) is 5.84. The zero-order valence-corrected chi connectivity index (χ0v) is 18.3. The number of amides is 1. The number of hydrogen-bond donors (Lipinski definition) is 1. The normalized spacial score (nSPS) is 18.2. The van der Waals surface area contributed by atoms with Gasteiger partial charge in [-0.15, -0.1) is 0 Å². The maximum Gasteiger partial charge on any atom is 0.236 e. The Morgan fingerprint density at radius 2 is 1.65 bits per heavy atom. The third kappa shape index (κ3) is 4.80. The molecule has 10 heteroatoms. The second-order valence-corrected chi connectivity index (χ2v) is 9.86. The molecule has 0 atom stereocenters. The summed E-state index contributed by atoms with van der Waals surface area (Å²) in [4.78, 5) is 27.2. The van der Waals surface area contributed by atoms with Gasteiger partial charge in [-0.3, -0.25) is 9.69 Å². The van der Waals surface area contributed by atoms with Crippen LogP contribution in [0.4, 0.5) is 11.8 Å². The van der Waals surface area contributed by atoms with Crippen molar-refractivity contribution in [1.29, 1.82) is 0 Å². The fourth-order valence-corrected chi connectivity index (χ4v) is 5.28. The first-order valence-electron chi connectivity index (χ1n) is 10.6. The fraction of sp³-hybridized carbons (Fsp3) is 0.476. The lowest BCUT2D eigenvalue weighted by Gasteiger charge is -2.36. The second-order valence-electron chi connectivity index (χ2n) is 7.94. The van der Waals surface area contributed by atoms with Crippen LogP contribution < -0.4 is 10.6 Å². The number of benzene rings is 1. The van der Waals surface area contributed by atoms with Crippen molar-refractivity contribution >= 4 is 27.5 Å². The van der Waals surface area contributed by atoms with E-state index in [4.69, 9.17) is 5.73 Å². The highest BCUT2D eigenvalue weighted by Gasteiger charge is 2.26. The van der Waals surface area contributed by atoms with E-state index in [1.54, 1.807) is 18.2 Å². The summed E-state index contributed by atoms with van der Waals surface area (Å²) in [7, 11) is -3.77. The van der Waals surface area contributed by atoms with Crippen LogP contribution in [0.25, 0.3) is 0 Å². The number of carbonyl (C=O) groups is 1. The molecule has 2 N–H and O–H groups in total. The molecule has 2 saturated heterocycles. The third-order valence-corrected chi connectivity index (χ3v) is 7.62. The Kier molecular flexibility index (Phi) is 6.38. The fourth-order valence-electron chi connectivity index (χ4n) is 4.00. The van der Waals surface area contributed by atoms with E-state index in [0.29, 0.717) is 38.7 Å². The number of hydrogen-bond acceptors (Lipinski definition) is 8. The number of nitrogens with two attached hydrogens (primary N) is 1. The number of carbonyl (C=O) groups excluding carboxylic acids is 1. The van der Waals surface area contributed by atoms with Crippen molar-refractivity contribution in [2.45, 2.75) is 29.1 Å². The van der Waals surface area contributed by atoms with Gasteiger partial charge in [0.2, 0.25) is 21.7 Å². The van der Waals surface area contributed by atoms with Crippen LogP contribution in [0.5, 0.6) is 0 Å². The van der Waals surface area contributed by atoms with E-state index in [1.807, 2.05) is 9.80 Å². The van der Waals surface area contributed by atoms with E-state index in [-0.39, 0.29) is 21.5 Å². The predicted molar refractivity (Wildman–Crippen MR) is 117 cm³/mol. The van der Waals surface area contributed by atoms with E-state index in [1.165, 1.54) is 24.8 Å². The van der Waals surface area contributed by atoms with Gasteiger partial charge in [-0.25, -0.2) is 13.4 Å². The highest BCUT2D eigenvalue weighted by Crippen LogP contribution is 2.25. The number of anilines is 2. The molecule has 2 fully saturated rings. The predicted octanol–water partition coefficient (Wildman–Crippen LogP) is 1.03. The second kappa shape index (κ2) is 9.19. The van der Waals surface area contributed by atoms with E-state index >= 15 is 0 Å². The maximum atomic E-state index is 12.8. The van der Waals surface area contributed by atoms with Gasteiger partial charge in [0.15, 0.2) is 0 Å². The monoisotopic (exact) mass is 444 g/mol. The van der Waals surface area contributed by atoms with Crippen molar-refractivity contribution in [2.75, 3.05) is 56.4 Å². The SMILES string of the molecule is Nc1nc(N2CCN(CC(=O)N3CCCCC3)CC2)ncc1S(=O)(=O)c1ccccc1. The lowest BCUT2D eigenvalue weighted by atomic mass is 10.1. The molecule has 166 valence electrons. The van der Waals surface area contributed by atoms with Gasteiger partial charge in [-0.2, -0.15) is 4.98 Å². The highest BCUT2D eigenvalue weighted by atomic mass is 32.2. The summed E-state index contributed by atoms with van der Waals surface area (Å²) >= 11 is 0. The van der Waals surface area contributed by atoms with Gasteiger partial charge in [0.1, 0.15) is 10.7 Å². The minimum Gasteiger partial charge on any atom is -0.382 e. The molecule has 2 aliphatic rings. The van der Waals surface area contributed by atoms with Crippen molar-refractivity contribution < 1.29 is 13.2 Å². The molecule has 1 aromatic carbocycles. The van der Waals surface area contributed by atoms with Gasteiger partial charge in [0.25, 0.3) is 0 Å². The molecule has 9 nitrogen and oxygen atoms in total. The van der Waals surface area contributed by atoms with E-state index in [2.05, 4.69) is 14.9 Å². The number of piperazine rings is 1. The first-order valence-corrected chi connectivity index (χ1v) is 12.1. The molecule has 31 heavy (non-hydrogen) atoms. The minimum atomic E-state index is -3.77. The standard InChI is InChI=1S/C21H28N6O3S/c22-20-18(31(29,30)17-7-3-1-4-8-17)15-23-21(24-20)27-13-11-25(12-14-27)16-19(28)26-9-5-2-6-10-26/h1,3-4,7-8,15H,2,5-6,9-14,16H2,(H2,22,23,24). The number of sulfone groups is 1. The smallest absolute Gasteiger partial charge is 0.236 e. The first-order chi connectivity index (χ1) is 14.9. The molecule has 0 bridgehead atoms. The summed E-state index contributed by atoms with van der Waals surface area (Å²) in [5, 5.41) is 0. The number of piperidine rings is 1. The Morgan fingerprint density at radius 1 is 0.968 bits per heavy atom. The molecule has 1 aromatic heterocycles. The Bertz CT molecular complexity index is 1020. The van der Waals surface area contributed by atoms with Crippen molar-refractivity contribution in [1.82, 2.24) is 19.8 Å². The zero-order chi connectivity index (χ0) is 21.8. The van der Waals surface area contributed by atoms with Crippen LogP contribution in [0.3, 0.4) is 0 Å². The Balaban J connectivity index is 1.38. The van der Waals surface area contributed by atoms with Crippen molar-refractivity contribution in [3.63, 3.8) is 0 Å². The summed E-state index contributed by atoms with van der Waals surface area (Å²) in [5.41, 5.74) is 6.01. The van der Waals surface area contributed by atoms with Crippen LogP contribution in [0.15, 0.2) is 46.3 Å². The maximum absolute atomic E-state index is 12.8. The molecule has 1 amide bonds. The molecular formula is C21H28N6O3S. The molecule has 0 spiro atoms. The average Bonchev–Trinajstić information content (AvgIpc) is 2.80. The van der Waals surface area contributed by atoms with Crippen LogP contribution in [-0.2, 0) is 14.6 Å². The number of nitrogens with zero attached hydrogens (tertiary/aromatic N) is 5. The highest BCUT2D eigenvalue weighted by molar-refractivity contribution is 7.91. The van der Waals surface area contributed by atoms with Crippen molar-refractivity contribution in [3.05, 3.63) is 36.5 Å². The van der Waals surface area contributed by atoms with Gasteiger partial charge in [0.05, 0.1) is 17.6 Å². The Labute approximate surface area is 182 Å². The van der Waals surface area contributed by atoms with Crippen LogP contribution in [0.2, 0.25) is 0 Å². The van der Waals surface area contributed by atoms with Gasteiger partial charge in [-0.05, 0) is 31.4 Å². The molecular weight excluding hydrogens is 416 g/mol. The number of likely N-dealkylation sites (tertiary alicyclic amines) is 1. The number of rotatable bonds is 5. The molecule has 0 aliphatic carbocycles. The summed E-state index contributed by atoms with van der Waals surface area (Å²) < 4.78 is 25.6. The van der Waals surface area contributed by atoms with Gasteiger partial charge >= 0.3 is 0 Å². The van der Waals surface area contributed by atoms with Crippen LogP contribution in [0.1, 0.15) is 19.3 Å². The van der Waals surface area contributed by atoms with Crippen LogP contribution >= 0.6 is 0 Å². The largest absolute Gasteiger partial charge is 0.382 e. The first kappa shape index (κ1) is 21.5. The van der Waals surface area contributed by atoms with Gasteiger partial charge in [0, 0.05) is 39.3 Å².